The molecule has 1 unspecified atom stereocenters. The maximum Gasteiger partial charge on any atom is 0.0794 e. The second-order valence-corrected chi connectivity index (χ2v) is 6.83. The summed E-state index contributed by atoms with van der Waals surface area (Å²) in [5.74, 6) is 0. The van der Waals surface area contributed by atoms with Crippen LogP contribution in [-0.2, 0) is 6.54 Å². The third kappa shape index (κ3) is 4.21. The van der Waals surface area contributed by atoms with Crippen LogP contribution in [0.2, 0.25) is 0 Å². The average Bonchev–Trinajstić information content (AvgIpc) is 2.39. The molecular weight excluding hydrogens is 316 g/mol. The third-order valence-corrected chi connectivity index (χ3v) is 4.56. The largest absolute Gasteiger partial charge is 0.388 e. The highest BCUT2D eigenvalue weighted by molar-refractivity contribution is 9.10. The zero-order valence-corrected chi connectivity index (χ0v) is 14.0. The molecule has 1 aliphatic heterocycles. The minimum absolute atomic E-state index is 0.563. The van der Waals surface area contributed by atoms with E-state index in [4.69, 9.17) is 0 Å². The number of rotatable bonds is 5. The van der Waals surface area contributed by atoms with Crippen molar-refractivity contribution in [3.05, 3.63) is 28.2 Å². The first-order valence-corrected chi connectivity index (χ1v) is 8.27. The monoisotopic (exact) mass is 340 g/mol. The van der Waals surface area contributed by atoms with E-state index in [0.29, 0.717) is 6.54 Å². The highest BCUT2D eigenvalue weighted by atomic mass is 79.9. The molecule has 0 radical (unpaired) electrons. The van der Waals surface area contributed by atoms with Gasteiger partial charge in [0, 0.05) is 29.8 Å². The summed E-state index contributed by atoms with van der Waals surface area (Å²) in [6, 6.07) is 6.50. The quantitative estimate of drug-likeness (QED) is 0.807. The lowest BCUT2D eigenvalue weighted by Gasteiger charge is -2.38. The van der Waals surface area contributed by atoms with E-state index in [0.717, 1.165) is 43.4 Å². The molecule has 1 aromatic carbocycles. The number of aliphatic hydroxyl groups is 1. The highest BCUT2D eigenvalue weighted by Crippen LogP contribution is 2.29. The van der Waals surface area contributed by atoms with Crippen molar-refractivity contribution in [2.24, 2.45) is 0 Å². The summed E-state index contributed by atoms with van der Waals surface area (Å²) < 4.78 is 1.14. The molecule has 1 saturated heterocycles. The number of halogens is 1. The summed E-state index contributed by atoms with van der Waals surface area (Å²) in [6.07, 6.45) is 3.09. The molecule has 1 atom stereocenters. The molecule has 0 aromatic heterocycles. The number of β-amino-alcohol motifs (C(OH)–C–C–N with tert-alkyl or cyclic N) is 1. The van der Waals surface area contributed by atoms with Gasteiger partial charge in [-0.05, 0) is 50.4 Å². The van der Waals surface area contributed by atoms with Gasteiger partial charge in [-0.15, -0.1) is 0 Å². The summed E-state index contributed by atoms with van der Waals surface area (Å²) in [5, 5.41) is 13.6. The van der Waals surface area contributed by atoms with Gasteiger partial charge in [-0.1, -0.05) is 28.9 Å². The number of nitrogens with one attached hydrogen (secondary N) is 1. The Kier molecular flexibility index (Phi) is 5.47. The molecule has 112 valence electrons. The number of hydrogen-bond donors (Lipinski definition) is 2. The van der Waals surface area contributed by atoms with Gasteiger partial charge in [0.05, 0.1) is 5.60 Å². The molecular formula is C16H25BrN2O. The SMILES string of the molecule is CCCNCc1ccc(N2CCCC(C)(O)C2)cc1Br. The van der Waals surface area contributed by atoms with Crippen molar-refractivity contribution >= 4 is 21.6 Å². The Morgan fingerprint density at radius 2 is 2.25 bits per heavy atom. The van der Waals surface area contributed by atoms with Gasteiger partial charge >= 0.3 is 0 Å². The fourth-order valence-corrected chi connectivity index (χ4v) is 3.22. The van der Waals surface area contributed by atoms with E-state index < -0.39 is 5.60 Å². The third-order valence-electron chi connectivity index (χ3n) is 3.82. The van der Waals surface area contributed by atoms with Gasteiger partial charge in [0.15, 0.2) is 0 Å². The highest BCUT2D eigenvalue weighted by Gasteiger charge is 2.28. The molecule has 0 bridgehead atoms. The van der Waals surface area contributed by atoms with Crippen molar-refractivity contribution in [3.63, 3.8) is 0 Å². The molecule has 0 saturated carbocycles. The fraction of sp³-hybridized carbons (Fsp3) is 0.625. The Labute approximate surface area is 130 Å². The zero-order valence-electron chi connectivity index (χ0n) is 12.5. The first-order chi connectivity index (χ1) is 9.52. The molecule has 4 heteroatoms. The van der Waals surface area contributed by atoms with Crippen molar-refractivity contribution in [2.45, 2.75) is 45.3 Å². The van der Waals surface area contributed by atoms with Crippen LogP contribution in [0.25, 0.3) is 0 Å². The van der Waals surface area contributed by atoms with Crippen LogP contribution in [0.4, 0.5) is 5.69 Å². The summed E-state index contributed by atoms with van der Waals surface area (Å²) in [5.41, 5.74) is 1.91. The second-order valence-electron chi connectivity index (χ2n) is 5.97. The zero-order chi connectivity index (χ0) is 14.6. The van der Waals surface area contributed by atoms with E-state index in [1.165, 1.54) is 11.3 Å². The Hall–Kier alpha value is -0.580. The van der Waals surface area contributed by atoms with Gasteiger partial charge in [-0.2, -0.15) is 0 Å². The Balaban J connectivity index is 2.04. The fourth-order valence-electron chi connectivity index (χ4n) is 2.72. The number of piperidine rings is 1. The maximum atomic E-state index is 10.2. The molecule has 2 rings (SSSR count). The minimum Gasteiger partial charge on any atom is -0.388 e. The number of benzene rings is 1. The van der Waals surface area contributed by atoms with Crippen LogP contribution in [-0.4, -0.2) is 30.3 Å². The molecule has 0 aliphatic carbocycles. The van der Waals surface area contributed by atoms with Crippen LogP contribution in [0.15, 0.2) is 22.7 Å². The number of anilines is 1. The first-order valence-electron chi connectivity index (χ1n) is 7.48. The molecule has 0 spiro atoms. The smallest absolute Gasteiger partial charge is 0.0794 e. The molecule has 1 fully saturated rings. The van der Waals surface area contributed by atoms with E-state index in [9.17, 15) is 5.11 Å². The lowest BCUT2D eigenvalue weighted by atomic mass is 9.94. The molecule has 1 aliphatic rings. The first kappa shape index (κ1) is 15.8. The van der Waals surface area contributed by atoms with Crippen LogP contribution < -0.4 is 10.2 Å². The van der Waals surface area contributed by atoms with Crippen LogP contribution >= 0.6 is 15.9 Å². The predicted octanol–water partition coefficient (Wildman–Crippen LogP) is 3.30. The van der Waals surface area contributed by atoms with Crippen molar-refractivity contribution in [2.75, 3.05) is 24.5 Å². The van der Waals surface area contributed by atoms with Crippen LogP contribution in [0.1, 0.15) is 38.7 Å². The normalized spacial score (nSPS) is 23.1. The Morgan fingerprint density at radius 3 is 2.90 bits per heavy atom. The summed E-state index contributed by atoms with van der Waals surface area (Å²) in [7, 11) is 0. The number of hydrogen-bond acceptors (Lipinski definition) is 3. The van der Waals surface area contributed by atoms with Crippen LogP contribution in [0.5, 0.6) is 0 Å². The van der Waals surface area contributed by atoms with Crippen molar-refractivity contribution in [3.8, 4) is 0 Å². The standard InChI is InChI=1S/C16H25BrN2O/c1-3-8-18-11-13-5-6-14(10-15(13)17)19-9-4-7-16(2,20)12-19/h5-6,10,18,20H,3-4,7-9,11-12H2,1-2H3. The predicted molar refractivity (Wildman–Crippen MR) is 88.2 cm³/mol. The number of nitrogens with zero attached hydrogens (tertiary/aromatic N) is 1. The van der Waals surface area contributed by atoms with E-state index >= 15 is 0 Å². The summed E-state index contributed by atoms with van der Waals surface area (Å²) in [4.78, 5) is 2.28. The minimum atomic E-state index is -0.563. The molecule has 20 heavy (non-hydrogen) atoms. The summed E-state index contributed by atoms with van der Waals surface area (Å²) in [6.45, 7) is 7.78. The van der Waals surface area contributed by atoms with Crippen LogP contribution in [0.3, 0.4) is 0 Å². The van der Waals surface area contributed by atoms with Crippen molar-refractivity contribution in [1.29, 1.82) is 0 Å². The van der Waals surface area contributed by atoms with Gasteiger partial charge < -0.3 is 15.3 Å². The van der Waals surface area contributed by atoms with Crippen LogP contribution in [0, 0.1) is 0 Å². The Morgan fingerprint density at radius 1 is 1.45 bits per heavy atom. The lowest BCUT2D eigenvalue weighted by Crippen LogP contribution is -2.46. The second kappa shape index (κ2) is 6.92. The molecule has 2 N–H and O–H groups in total. The lowest BCUT2D eigenvalue weighted by molar-refractivity contribution is 0.0449. The van der Waals surface area contributed by atoms with Gasteiger partial charge in [-0.25, -0.2) is 0 Å². The molecule has 3 nitrogen and oxygen atoms in total. The van der Waals surface area contributed by atoms with Gasteiger partial charge in [-0.3, -0.25) is 0 Å². The van der Waals surface area contributed by atoms with E-state index in [-0.39, 0.29) is 0 Å². The van der Waals surface area contributed by atoms with Gasteiger partial charge in [0.25, 0.3) is 0 Å². The van der Waals surface area contributed by atoms with Crippen molar-refractivity contribution < 1.29 is 5.11 Å². The van der Waals surface area contributed by atoms with E-state index in [1.807, 2.05) is 6.92 Å². The molecule has 1 aromatic rings. The topological polar surface area (TPSA) is 35.5 Å². The molecule has 1 heterocycles. The maximum absolute atomic E-state index is 10.2. The average molecular weight is 341 g/mol. The van der Waals surface area contributed by atoms with Gasteiger partial charge in [0.1, 0.15) is 0 Å². The van der Waals surface area contributed by atoms with E-state index in [2.05, 4.69) is 51.3 Å². The van der Waals surface area contributed by atoms with E-state index in [1.54, 1.807) is 0 Å². The van der Waals surface area contributed by atoms with Gasteiger partial charge in [0.2, 0.25) is 0 Å². The van der Waals surface area contributed by atoms with Crippen molar-refractivity contribution in [1.82, 2.24) is 5.32 Å². The Bertz CT molecular complexity index is 448. The molecule has 0 amide bonds. The summed E-state index contributed by atoms with van der Waals surface area (Å²) >= 11 is 3.67.